The molecule has 2 aromatic rings. The van der Waals surface area contributed by atoms with Crippen LogP contribution in [0.2, 0.25) is 0 Å². The van der Waals surface area contributed by atoms with Crippen LogP contribution in [0, 0.1) is 13.8 Å². The van der Waals surface area contributed by atoms with Gasteiger partial charge in [-0.05, 0) is 43.7 Å². The van der Waals surface area contributed by atoms with Gasteiger partial charge in [-0.3, -0.25) is 9.10 Å². The minimum Gasteiger partial charge on any atom is -0.350 e. The molecule has 0 fully saturated rings. The number of hydrogen-bond donors (Lipinski definition) is 1. The van der Waals surface area contributed by atoms with Gasteiger partial charge in [-0.15, -0.1) is 0 Å². The summed E-state index contributed by atoms with van der Waals surface area (Å²) in [5, 5.41) is 2.76. The Labute approximate surface area is 143 Å². The highest BCUT2D eigenvalue weighted by Crippen LogP contribution is 2.18. The number of amides is 1. The van der Waals surface area contributed by atoms with E-state index < -0.39 is 10.0 Å². The van der Waals surface area contributed by atoms with E-state index in [9.17, 15) is 13.2 Å². The normalized spacial score (nSPS) is 11.1. The van der Waals surface area contributed by atoms with Gasteiger partial charge in [0.15, 0.2) is 0 Å². The number of anilines is 1. The van der Waals surface area contributed by atoms with Gasteiger partial charge < -0.3 is 5.32 Å². The van der Waals surface area contributed by atoms with Crippen molar-refractivity contribution in [3.8, 4) is 0 Å². The average molecular weight is 346 g/mol. The fourth-order valence-corrected chi connectivity index (χ4v) is 3.27. The number of rotatable bonds is 6. The second kappa shape index (κ2) is 7.49. The number of nitrogens with zero attached hydrogens (tertiary/aromatic N) is 1. The molecule has 0 spiro atoms. The topological polar surface area (TPSA) is 66.5 Å². The van der Waals surface area contributed by atoms with Crippen LogP contribution < -0.4 is 9.62 Å². The third kappa shape index (κ3) is 4.83. The molecule has 2 rings (SSSR count). The number of benzene rings is 2. The molecule has 0 saturated heterocycles. The van der Waals surface area contributed by atoms with Gasteiger partial charge in [0, 0.05) is 12.1 Å². The maximum atomic E-state index is 12.1. The van der Waals surface area contributed by atoms with Gasteiger partial charge in [0.2, 0.25) is 10.0 Å². The lowest BCUT2D eigenvalue weighted by molar-refractivity contribution is 0.0955. The molecule has 0 heterocycles. The summed E-state index contributed by atoms with van der Waals surface area (Å²) in [6.45, 7) is 4.27. The third-order valence-corrected chi connectivity index (χ3v) is 4.80. The van der Waals surface area contributed by atoms with E-state index in [1.165, 1.54) is 4.31 Å². The van der Waals surface area contributed by atoms with Crippen molar-refractivity contribution in [3.63, 3.8) is 0 Å². The van der Waals surface area contributed by atoms with Crippen LogP contribution in [0.5, 0.6) is 0 Å². The molecule has 0 atom stereocenters. The fraction of sp³-hybridized carbons (Fsp3) is 0.278. The fourth-order valence-electron chi connectivity index (χ4n) is 2.35. The predicted molar refractivity (Wildman–Crippen MR) is 96.9 cm³/mol. The van der Waals surface area contributed by atoms with Crippen LogP contribution in [-0.2, 0) is 10.0 Å². The van der Waals surface area contributed by atoms with Crippen LogP contribution in [0.4, 0.5) is 5.69 Å². The summed E-state index contributed by atoms with van der Waals surface area (Å²) in [7, 11) is -3.42. The summed E-state index contributed by atoms with van der Waals surface area (Å²) in [6.07, 6.45) is 1.16. The highest BCUT2D eigenvalue weighted by molar-refractivity contribution is 7.92. The van der Waals surface area contributed by atoms with Crippen molar-refractivity contribution >= 4 is 21.6 Å². The van der Waals surface area contributed by atoms with E-state index in [1.54, 1.807) is 18.2 Å². The lowest BCUT2D eigenvalue weighted by atomic mass is 10.1. The molecule has 0 bridgehead atoms. The Bertz CT molecular complexity index is 814. The van der Waals surface area contributed by atoms with E-state index in [-0.39, 0.29) is 19.0 Å². The number of nitrogens with one attached hydrogen (secondary N) is 1. The van der Waals surface area contributed by atoms with Gasteiger partial charge in [0.1, 0.15) is 0 Å². The summed E-state index contributed by atoms with van der Waals surface area (Å²) >= 11 is 0. The largest absolute Gasteiger partial charge is 0.350 e. The molecule has 0 saturated carbocycles. The average Bonchev–Trinajstić information content (AvgIpc) is 2.50. The van der Waals surface area contributed by atoms with Crippen molar-refractivity contribution in [3.05, 3.63) is 65.2 Å². The summed E-state index contributed by atoms with van der Waals surface area (Å²) in [5.41, 5.74) is 3.21. The molecule has 6 heteroatoms. The highest BCUT2D eigenvalue weighted by Gasteiger charge is 2.17. The molecule has 2 aromatic carbocycles. The van der Waals surface area contributed by atoms with E-state index in [4.69, 9.17) is 0 Å². The standard InChI is InChI=1S/C18H22N2O3S/c1-14-7-9-16(10-8-14)18(21)19-11-12-20(24(3,22)23)17-6-4-5-15(2)13-17/h4-10,13H,11-12H2,1-3H3,(H,19,21). The molecule has 24 heavy (non-hydrogen) atoms. The maximum Gasteiger partial charge on any atom is 0.251 e. The van der Waals surface area contributed by atoms with E-state index in [0.29, 0.717) is 11.3 Å². The number of sulfonamides is 1. The van der Waals surface area contributed by atoms with Crippen LogP contribution in [0.25, 0.3) is 0 Å². The van der Waals surface area contributed by atoms with Crippen LogP contribution in [-0.4, -0.2) is 33.7 Å². The molecule has 0 aliphatic carbocycles. The number of aryl methyl sites for hydroxylation is 2. The minimum absolute atomic E-state index is 0.180. The van der Waals surface area contributed by atoms with E-state index in [1.807, 2.05) is 44.2 Å². The Kier molecular flexibility index (Phi) is 5.62. The summed E-state index contributed by atoms with van der Waals surface area (Å²) in [6, 6.07) is 14.5. The monoisotopic (exact) mass is 346 g/mol. The van der Waals surface area contributed by atoms with Crippen LogP contribution >= 0.6 is 0 Å². The molecular formula is C18H22N2O3S. The first-order chi connectivity index (χ1) is 11.3. The zero-order valence-corrected chi connectivity index (χ0v) is 14.9. The molecular weight excluding hydrogens is 324 g/mol. The number of carbonyl (C=O) groups excluding carboxylic acids is 1. The highest BCUT2D eigenvalue weighted by atomic mass is 32.2. The van der Waals surface area contributed by atoms with Gasteiger partial charge in [-0.2, -0.15) is 0 Å². The Hall–Kier alpha value is -2.34. The molecule has 0 aliphatic rings. The van der Waals surface area contributed by atoms with E-state index >= 15 is 0 Å². The van der Waals surface area contributed by atoms with Crippen molar-refractivity contribution < 1.29 is 13.2 Å². The molecule has 1 amide bonds. The summed E-state index contributed by atoms with van der Waals surface area (Å²) < 4.78 is 25.4. The second-order valence-corrected chi connectivity index (χ2v) is 7.70. The van der Waals surface area contributed by atoms with Crippen molar-refractivity contribution in [2.24, 2.45) is 0 Å². The van der Waals surface area contributed by atoms with E-state index in [2.05, 4.69) is 5.32 Å². The van der Waals surface area contributed by atoms with Gasteiger partial charge in [0.05, 0.1) is 18.5 Å². The molecule has 1 N–H and O–H groups in total. The van der Waals surface area contributed by atoms with Gasteiger partial charge in [-0.25, -0.2) is 8.42 Å². The molecule has 5 nitrogen and oxygen atoms in total. The zero-order valence-electron chi connectivity index (χ0n) is 14.1. The molecule has 0 aliphatic heterocycles. The SMILES string of the molecule is Cc1ccc(C(=O)NCCN(c2cccc(C)c2)S(C)(=O)=O)cc1. The van der Waals surface area contributed by atoms with Gasteiger partial charge in [0.25, 0.3) is 5.91 Å². The summed E-state index contributed by atoms with van der Waals surface area (Å²) in [4.78, 5) is 12.1. The number of carbonyl (C=O) groups is 1. The first kappa shape index (κ1) is 18.0. The Morgan fingerprint density at radius 1 is 1.04 bits per heavy atom. The Morgan fingerprint density at radius 2 is 1.71 bits per heavy atom. The molecule has 0 unspecified atom stereocenters. The Morgan fingerprint density at radius 3 is 2.29 bits per heavy atom. The van der Waals surface area contributed by atoms with Crippen LogP contribution in [0.15, 0.2) is 48.5 Å². The van der Waals surface area contributed by atoms with Crippen molar-refractivity contribution in [1.29, 1.82) is 0 Å². The molecule has 0 radical (unpaired) electrons. The molecule has 128 valence electrons. The van der Waals surface area contributed by atoms with Gasteiger partial charge in [-0.1, -0.05) is 29.8 Å². The lowest BCUT2D eigenvalue weighted by Crippen LogP contribution is -2.38. The van der Waals surface area contributed by atoms with Crippen molar-refractivity contribution in [2.75, 3.05) is 23.7 Å². The second-order valence-electron chi connectivity index (χ2n) is 5.80. The number of hydrogen-bond acceptors (Lipinski definition) is 3. The smallest absolute Gasteiger partial charge is 0.251 e. The van der Waals surface area contributed by atoms with Crippen molar-refractivity contribution in [2.45, 2.75) is 13.8 Å². The lowest BCUT2D eigenvalue weighted by Gasteiger charge is -2.23. The minimum atomic E-state index is -3.42. The van der Waals surface area contributed by atoms with Crippen LogP contribution in [0.1, 0.15) is 21.5 Å². The van der Waals surface area contributed by atoms with Crippen LogP contribution in [0.3, 0.4) is 0 Å². The molecule has 0 aromatic heterocycles. The first-order valence-electron chi connectivity index (χ1n) is 7.66. The zero-order chi connectivity index (χ0) is 17.7. The Balaban J connectivity index is 2.04. The predicted octanol–water partition coefficient (Wildman–Crippen LogP) is 2.50. The summed E-state index contributed by atoms with van der Waals surface area (Å²) in [5.74, 6) is -0.215. The first-order valence-corrected chi connectivity index (χ1v) is 9.51. The third-order valence-electron chi connectivity index (χ3n) is 3.60. The van der Waals surface area contributed by atoms with Crippen molar-refractivity contribution in [1.82, 2.24) is 5.32 Å². The quantitative estimate of drug-likeness (QED) is 0.874. The van der Waals surface area contributed by atoms with E-state index in [0.717, 1.165) is 17.4 Å². The van der Waals surface area contributed by atoms with Gasteiger partial charge >= 0.3 is 0 Å². The maximum absolute atomic E-state index is 12.1.